The predicted octanol–water partition coefficient (Wildman–Crippen LogP) is 3.76. The van der Waals surface area contributed by atoms with Crippen molar-refractivity contribution in [2.24, 2.45) is 0 Å². The molecule has 0 saturated heterocycles. The van der Waals surface area contributed by atoms with Gasteiger partial charge in [0.1, 0.15) is 11.5 Å². The van der Waals surface area contributed by atoms with Crippen LogP contribution in [0, 0.1) is 10.1 Å². The molecule has 0 aromatic heterocycles. The summed E-state index contributed by atoms with van der Waals surface area (Å²) in [5, 5.41) is 13.3. The van der Waals surface area contributed by atoms with Crippen molar-refractivity contribution >= 4 is 28.9 Å². The summed E-state index contributed by atoms with van der Waals surface area (Å²) < 4.78 is 10.6. The first kappa shape index (κ1) is 20.3. The van der Waals surface area contributed by atoms with Gasteiger partial charge in [-0.05, 0) is 42.5 Å². The second-order valence-corrected chi connectivity index (χ2v) is 6.09. The van der Waals surface area contributed by atoms with E-state index in [0.29, 0.717) is 17.2 Å². The Balaban J connectivity index is 1.52. The molecule has 9 nitrogen and oxygen atoms in total. The third kappa shape index (κ3) is 5.32. The summed E-state index contributed by atoms with van der Waals surface area (Å²) in [6.07, 6.45) is 0. The third-order valence-corrected chi connectivity index (χ3v) is 3.92. The van der Waals surface area contributed by atoms with Crippen LogP contribution in [0.5, 0.6) is 11.5 Å². The van der Waals surface area contributed by atoms with E-state index in [1.54, 1.807) is 24.3 Å². The molecule has 30 heavy (non-hydrogen) atoms. The number of carbonyl (C=O) groups excluding carboxylic acids is 2. The number of nitro groups is 1. The highest BCUT2D eigenvalue weighted by atomic mass is 16.6. The molecule has 1 amide bonds. The standard InChI is InChI=1S/C21H17N3O6/c22-19-12-15(24(27)28)8-11-18(19)21(26)29-13-20(25)23-14-6-9-17(10-7-14)30-16-4-2-1-3-5-16/h1-12H,13,22H2,(H,23,25). The number of carbonyl (C=O) groups is 2. The molecule has 0 radical (unpaired) electrons. The van der Waals surface area contributed by atoms with Gasteiger partial charge in [0, 0.05) is 17.8 Å². The lowest BCUT2D eigenvalue weighted by molar-refractivity contribution is -0.384. The number of para-hydroxylation sites is 1. The summed E-state index contributed by atoms with van der Waals surface area (Å²) in [5.41, 5.74) is 5.72. The predicted molar refractivity (Wildman–Crippen MR) is 109 cm³/mol. The van der Waals surface area contributed by atoms with Gasteiger partial charge in [0.05, 0.1) is 16.2 Å². The zero-order valence-electron chi connectivity index (χ0n) is 15.6. The van der Waals surface area contributed by atoms with Gasteiger partial charge in [0.2, 0.25) is 0 Å². The van der Waals surface area contributed by atoms with Gasteiger partial charge < -0.3 is 20.5 Å². The number of nitrogens with two attached hydrogens (primary N) is 1. The summed E-state index contributed by atoms with van der Waals surface area (Å²) >= 11 is 0. The van der Waals surface area contributed by atoms with Crippen LogP contribution in [0.1, 0.15) is 10.4 Å². The molecule has 3 aromatic rings. The van der Waals surface area contributed by atoms with Crippen molar-refractivity contribution in [2.75, 3.05) is 17.7 Å². The highest BCUT2D eigenvalue weighted by Gasteiger charge is 2.16. The molecule has 0 aliphatic rings. The van der Waals surface area contributed by atoms with E-state index in [2.05, 4.69) is 5.32 Å². The van der Waals surface area contributed by atoms with E-state index in [9.17, 15) is 19.7 Å². The minimum atomic E-state index is -0.857. The van der Waals surface area contributed by atoms with E-state index in [1.807, 2.05) is 30.3 Å². The fraction of sp³-hybridized carbons (Fsp3) is 0.0476. The van der Waals surface area contributed by atoms with E-state index in [1.165, 1.54) is 6.07 Å². The summed E-state index contributed by atoms with van der Waals surface area (Å²) in [7, 11) is 0. The highest BCUT2D eigenvalue weighted by Crippen LogP contribution is 2.23. The summed E-state index contributed by atoms with van der Waals surface area (Å²) in [5.74, 6) is -0.129. The van der Waals surface area contributed by atoms with E-state index in [4.69, 9.17) is 15.2 Å². The Bertz CT molecular complexity index is 1070. The van der Waals surface area contributed by atoms with Gasteiger partial charge in [-0.25, -0.2) is 4.79 Å². The van der Waals surface area contributed by atoms with Crippen LogP contribution in [0.25, 0.3) is 0 Å². The topological polar surface area (TPSA) is 134 Å². The van der Waals surface area contributed by atoms with Crippen LogP contribution in [0.2, 0.25) is 0 Å². The molecule has 0 heterocycles. The van der Waals surface area contributed by atoms with Crippen molar-refractivity contribution in [3.8, 4) is 11.5 Å². The number of nitrogens with one attached hydrogen (secondary N) is 1. The molecule has 0 bridgehead atoms. The molecule has 3 rings (SSSR count). The largest absolute Gasteiger partial charge is 0.457 e. The molecule has 152 valence electrons. The molecule has 0 spiro atoms. The zero-order chi connectivity index (χ0) is 21.5. The SMILES string of the molecule is Nc1cc([N+](=O)[O-])ccc1C(=O)OCC(=O)Nc1ccc(Oc2ccccc2)cc1. The summed E-state index contributed by atoms with van der Waals surface area (Å²) in [4.78, 5) is 34.1. The number of hydrogen-bond donors (Lipinski definition) is 2. The molecular formula is C21H17N3O6. The van der Waals surface area contributed by atoms with Crippen LogP contribution < -0.4 is 15.8 Å². The number of rotatable bonds is 7. The molecule has 0 fully saturated rings. The number of nitro benzene ring substituents is 1. The molecule has 0 unspecified atom stereocenters. The number of benzene rings is 3. The Kier molecular flexibility index (Phi) is 6.23. The summed E-state index contributed by atoms with van der Waals surface area (Å²) in [6.45, 7) is -0.544. The number of hydrogen-bond acceptors (Lipinski definition) is 7. The molecule has 0 atom stereocenters. The Morgan fingerprint density at radius 1 is 0.967 bits per heavy atom. The number of nitrogen functional groups attached to an aromatic ring is 1. The fourth-order valence-corrected chi connectivity index (χ4v) is 2.49. The zero-order valence-corrected chi connectivity index (χ0v) is 15.6. The van der Waals surface area contributed by atoms with E-state index >= 15 is 0 Å². The van der Waals surface area contributed by atoms with E-state index in [-0.39, 0.29) is 16.9 Å². The van der Waals surface area contributed by atoms with Crippen LogP contribution in [0.3, 0.4) is 0 Å². The lowest BCUT2D eigenvalue weighted by Crippen LogP contribution is -2.21. The normalized spacial score (nSPS) is 10.1. The van der Waals surface area contributed by atoms with Crippen LogP contribution in [-0.2, 0) is 9.53 Å². The van der Waals surface area contributed by atoms with E-state index in [0.717, 1.165) is 12.1 Å². The fourth-order valence-electron chi connectivity index (χ4n) is 2.49. The lowest BCUT2D eigenvalue weighted by atomic mass is 10.1. The Morgan fingerprint density at radius 2 is 1.63 bits per heavy atom. The first-order chi connectivity index (χ1) is 14.4. The molecule has 0 aliphatic heterocycles. The Morgan fingerprint density at radius 3 is 2.27 bits per heavy atom. The maximum absolute atomic E-state index is 12.1. The van der Waals surface area contributed by atoms with Crippen LogP contribution in [0.4, 0.5) is 17.1 Å². The van der Waals surface area contributed by atoms with Gasteiger partial charge in [-0.2, -0.15) is 0 Å². The molecule has 3 aromatic carbocycles. The van der Waals surface area contributed by atoms with Gasteiger partial charge in [0.25, 0.3) is 11.6 Å². The maximum atomic E-state index is 12.1. The average Bonchev–Trinajstić information content (AvgIpc) is 2.74. The first-order valence-electron chi connectivity index (χ1n) is 8.76. The molecular weight excluding hydrogens is 390 g/mol. The Labute approximate surface area is 171 Å². The average molecular weight is 407 g/mol. The minimum Gasteiger partial charge on any atom is -0.457 e. The number of ether oxygens (including phenoxy) is 2. The monoisotopic (exact) mass is 407 g/mol. The van der Waals surface area contributed by atoms with E-state index < -0.39 is 23.4 Å². The van der Waals surface area contributed by atoms with Crippen molar-refractivity contribution in [2.45, 2.75) is 0 Å². The number of anilines is 2. The van der Waals surface area contributed by atoms with Gasteiger partial charge >= 0.3 is 5.97 Å². The number of non-ortho nitro benzene ring substituents is 1. The van der Waals surface area contributed by atoms with Gasteiger partial charge in [-0.3, -0.25) is 14.9 Å². The van der Waals surface area contributed by atoms with Crippen molar-refractivity contribution < 1.29 is 24.0 Å². The quantitative estimate of drug-likeness (QED) is 0.263. The van der Waals surface area contributed by atoms with Crippen LogP contribution >= 0.6 is 0 Å². The maximum Gasteiger partial charge on any atom is 0.340 e. The molecule has 3 N–H and O–H groups in total. The van der Waals surface area contributed by atoms with Crippen LogP contribution in [0.15, 0.2) is 72.8 Å². The van der Waals surface area contributed by atoms with Crippen molar-refractivity contribution in [1.82, 2.24) is 0 Å². The molecule has 9 heteroatoms. The van der Waals surface area contributed by atoms with Crippen LogP contribution in [-0.4, -0.2) is 23.4 Å². The number of nitrogens with zero attached hydrogens (tertiary/aromatic N) is 1. The molecule has 0 aliphatic carbocycles. The highest BCUT2D eigenvalue weighted by molar-refractivity contribution is 5.98. The third-order valence-electron chi connectivity index (χ3n) is 3.92. The summed E-state index contributed by atoms with van der Waals surface area (Å²) in [6, 6.07) is 19.3. The van der Waals surface area contributed by atoms with Crippen molar-refractivity contribution in [1.29, 1.82) is 0 Å². The molecule has 0 saturated carbocycles. The lowest BCUT2D eigenvalue weighted by Gasteiger charge is -2.09. The van der Waals surface area contributed by atoms with Gasteiger partial charge in [-0.1, -0.05) is 18.2 Å². The Hall–Kier alpha value is -4.40. The van der Waals surface area contributed by atoms with Crippen molar-refractivity contribution in [3.63, 3.8) is 0 Å². The second kappa shape index (κ2) is 9.20. The minimum absolute atomic E-state index is 0.0594. The second-order valence-electron chi connectivity index (χ2n) is 6.09. The van der Waals surface area contributed by atoms with Crippen molar-refractivity contribution in [3.05, 3.63) is 88.5 Å². The first-order valence-corrected chi connectivity index (χ1v) is 8.76. The number of amides is 1. The van der Waals surface area contributed by atoms with Gasteiger partial charge in [0.15, 0.2) is 6.61 Å². The number of esters is 1. The smallest absolute Gasteiger partial charge is 0.340 e. The van der Waals surface area contributed by atoms with Gasteiger partial charge in [-0.15, -0.1) is 0 Å².